The molecule has 16 atom stereocenters. The molecule has 16 N–H and O–H groups in total. The predicted molar refractivity (Wildman–Crippen MR) is 269 cm³/mol. The average molecular weight is 1280 g/mol. The topological polar surface area (TPSA) is 588 Å². The smallest absolute Gasteiger partial charge is 0.387 e. The van der Waals surface area contributed by atoms with Gasteiger partial charge in [0.05, 0.1) is 58.1 Å². The van der Waals surface area contributed by atoms with E-state index in [0.29, 0.717) is 0 Å². The second kappa shape index (κ2) is 23.9. The number of alkyl halides is 1. The van der Waals surface area contributed by atoms with Crippen LogP contribution in [0, 0.1) is 5.92 Å². The number of hydrogen-bond donors (Lipinski definition) is 13. The molecule has 458 valence electrons. The van der Waals surface area contributed by atoms with Crippen molar-refractivity contribution in [3.05, 3.63) is 46.0 Å². The number of nitrogens with one attached hydrogen (secondary N) is 3. The zero-order valence-electron chi connectivity index (χ0n) is 42.4. The number of imidazole rings is 3. The summed E-state index contributed by atoms with van der Waals surface area (Å²) in [6.45, 7) is -5.19. The number of phosphoric ester groups is 3. The molecule has 3 aliphatic rings. The number of sulfonamides is 1. The standard InChI is InChI=1S/C36H51FN16O25P4S/c1-50-13-53(29-20(50)31(58)49-36(40)47-29)32-21(54)14(6-45-83(67,68)5-3-4-37)15(73-32)7-71-80(61,62)77-82(65,66)78-81(63,64)72-9-17-24(25(69-2)34(75-17)51-11-43-18-26(38)41-10-42-27(18)51)76-79(59,60)70-8-16-22(55)23(56)33(74-16)52-12-44-19-28(52)46-35(39)48-30(19)57/h10-17,21-25,32-34,45,54-56H,3-9H2,1-2H3,(H11-,38,39,40,41,42,46,47,48,49,57,58,59,60,61,62,63,64,65,66)/p+1/t14-,15-,16-,17-,21-,22-,23-,24-,25-,32-,33-,34-/m1/s1. The van der Waals surface area contributed by atoms with Crippen molar-refractivity contribution in [2.75, 3.05) is 63.1 Å². The van der Waals surface area contributed by atoms with Crippen LogP contribution in [0.4, 0.5) is 22.1 Å². The van der Waals surface area contributed by atoms with Gasteiger partial charge in [0.2, 0.25) is 27.7 Å². The van der Waals surface area contributed by atoms with Crippen molar-refractivity contribution in [1.29, 1.82) is 0 Å². The quantitative estimate of drug-likeness (QED) is 0.0191. The van der Waals surface area contributed by atoms with Gasteiger partial charge in [0, 0.05) is 19.6 Å². The summed E-state index contributed by atoms with van der Waals surface area (Å²) in [4.78, 5) is 96.6. The fraction of sp³-hybridized carbons (Fsp3) is 0.583. The molecule has 6 aromatic heterocycles. The van der Waals surface area contributed by atoms with Gasteiger partial charge in [-0.2, -0.15) is 13.6 Å². The molecule has 0 spiro atoms. The number of anilines is 3. The molecule has 0 aliphatic carbocycles. The summed E-state index contributed by atoms with van der Waals surface area (Å²) in [7, 11) is -25.6. The highest BCUT2D eigenvalue weighted by atomic mass is 32.2. The van der Waals surface area contributed by atoms with Crippen LogP contribution in [0.15, 0.2) is 34.9 Å². The second-order valence-electron chi connectivity index (χ2n) is 18.4. The lowest BCUT2D eigenvalue weighted by Crippen LogP contribution is -2.46. The molecule has 47 heteroatoms. The zero-order chi connectivity index (χ0) is 60.3. The van der Waals surface area contributed by atoms with Crippen LogP contribution in [0.5, 0.6) is 0 Å². The Bertz CT molecular complexity index is 3840. The maximum Gasteiger partial charge on any atom is 0.490 e. The minimum absolute atomic E-state index is 0.0164. The van der Waals surface area contributed by atoms with Gasteiger partial charge in [-0.1, -0.05) is 4.98 Å². The third-order valence-corrected chi connectivity index (χ3v) is 19.5. The van der Waals surface area contributed by atoms with Gasteiger partial charge in [0.25, 0.3) is 17.1 Å². The first kappa shape index (κ1) is 62.3. The van der Waals surface area contributed by atoms with Crippen molar-refractivity contribution in [2.45, 2.75) is 73.9 Å². The molecule has 0 aromatic carbocycles. The van der Waals surface area contributed by atoms with Gasteiger partial charge < -0.3 is 71.0 Å². The van der Waals surface area contributed by atoms with Crippen LogP contribution < -0.4 is 37.6 Å². The van der Waals surface area contributed by atoms with Crippen molar-refractivity contribution >= 4 is 92.5 Å². The van der Waals surface area contributed by atoms with Gasteiger partial charge in [0.15, 0.2) is 41.4 Å². The summed E-state index contributed by atoms with van der Waals surface area (Å²) in [6, 6.07) is 0. The number of halogens is 1. The van der Waals surface area contributed by atoms with Crippen LogP contribution in [0.1, 0.15) is 25.1 Å². The van der Waals surface area contributed by atoms with Gasteiger partial charge in [-0.05, 0) is 6.42 Å². The van der Waals surface area contributed by atoms with Crippen molar-refractivity contribution in [2.24, 2.45) is 13.0 Å². The minimum atomic E-state index is -6.31. The SMILES string of the molecule is CO[C@@H]1[C@H](OP(=O)(O)OC[C@H]2O[C@@H](n3cnc4c(=O)[nH]c(N)nc43)[C@H](O)[C@@H]2O)[C@@H](COP(=O)(O)OP(=O)(O)OP(=O)(O)OC[C@H]2O[C@@H]([n+]3cn(C)c4c(=O)[nH]c(N)nc43)[C@H](O)[C@@H]2CNS(=O)(=O)CCCF)O[C@H]1n1cnc2c(N)ncnc21. The average Bonchev–Trinajstić information content (AvgIpc) is 3.98. The molecule has 3 fully saturated rings. The van der Waals surface area contributed by atoms with E-state index in [1.54, 1.807) is 0 Å². The number of phosphoric acid groups is 4. The van der Waals surface area contributed by atoms with Crippen LogP contribution in [0.2, 0.25) is 0 Å². The molecule has 83 heavy (non-hydrogen) atoms. The summed E-state index contributed by atoms with van der Waals surface area (Å²) < 4.78 is 151. The van der Waals surface area contributed by atoms with Crippen LogP contribution in [-0.2, 0) is 81.0 Å². The number of aromatic amines is 2. The number of fused-ring (bicyclic) bond motifs is 3. The third-order valence-electron chi connectivity index (χ3n) is 12.8. The van der Waals surface area contributed by atoms with Gasteiger partial charge in [0.1, 0.15) is 54.6 Å². The van der Waals surface area contributed by atoms with Crippen molar-refractivity contribution in [1.82, 2.24) is 58.3 Å². The molecule has 3 aliphatic heterocycles. The van der Waals surface area contributed by atoms with E-state index in [1.165, 1.54) is 22.5 Å². The zero-order valence-corrected chi connectivity index (χ0v) is 46.8. The fourth-order valence-corrected chi connectivity index (χ4v) is 14.7. The number of aliphatic hydroxyl groups excluding tert-OH is 3. The van der Waals surface area contributed by atoms with E-state index in [9.17, 15) is 75.6 Å². The lowest BCUT2D eigenvalue weighted by atomic mass is 9.98. The monoisotopic (exact) mass is 1280 g/mol. The molecule has 0 saturated carbocycles. The van der Waals surface area contributed by atoms with E-state index in [1.807, 2.05) is 0 Å². The number of H-pyrrole nitrogens is 2. The van der Waals surface area contributed by atoms with Crippen LogP contribution in [0.25, 0.3) is 33.5 Å². The van der Waals surface area contributed by atoms with Gasteiger partial charge >= 0.3 is 36.9 Å². The van der Waals surface area contributed by atoms with Crippen LogP contribution in [-0.4, -0.2) is 192 Å². The molecule has 9 rings (SSSR count). The second-order valence-corrected chi connectivity index (χ2v) is 26.3. The summed E-state index contributed by atoms with van der Waals surface area (Å²) >= 11 is 0. The Hall–Kier alpha value is -5.27. The van der Waals surface area contributed by atoms with Gasteiger partial charge in [-0.3, -0.25) is 55.7 Å². The van der Waals surface area contributed by atoms with Gasteiger partial charge in [-0.25, -0.2) is 55.9 Å². The highest BCUT2D eigenvalue weighted by Crippen LogP contribution is 2.68. The molecule has 0 bridgehead atoms. The molecule has 4 unspecified atom stereocenters. The number of aromatic nitrogens is 12. The summed E-state index contributed by atoms with van der Waals surface area (Å²) in [6.07, 6.45) is -14.6. The fourth-order valence-electron chi connectivity index (χ4n) is 9.17. The van der Waals surface area contributed by atoms with E-state index in [2.05, 4.69) is 53.2 Å². The number of rotatable bonds is 25. The summed E-state index contributed by atoms with van der Waals surface area (Å²) in [5.41, 5.74) is 15.3. The third kappa shape index (κ3) is 13.4. The Kier molecular flexibility index (Phi) is 17.9. The molecule has 41 nitrogen and oxygen atoms in total. The maximum atomic E-state index is 13.8. The Balaban J connectivity index is 0.880. The number of nitrogen functional groups attached to an aromatic ring is 3. The Morgan fingerprint density at radius 2 is 1.35 bits per heavy atom. The van der Waals surface area contributed by atoms with E-state index >= 15 is 0 Å². The van der Waals surface area contributed by atoms with Crippen LogP contribution >= 0.6 is 31.3 Å². The molecule has 9 heterocycles. The van der Waals surface area contributed by atoms with Crippen LogP contribution in [0.3, 0.4) is 0 Å². The first-order valence-corrected chi connectivity index (χ1v) is 31.4. The maximum absolute atomic E-state index is 13.8. The summed E-state index contributed by atoms with van der Waals surface area (Å²) in [5, 5.41) is 33.3. The number of ether oxygens (including phenoxy) is 4. The molecule has 0 amide bonds. The van der Waals surface area contributed by atoms with Gasteiger partial charge in [-0.15, -0.1) is 0 Å². The molecule has 6 aromatic rings. The highest BCUT2D eigenvalue weighted by molar-refractivity contribution is 7.89. The Morgan fingerprint density at radius 3 is 2.02 bits per heavy atom. The predicted octanol–water partition coefficient (Wildman–Crippen LogP) is -4.18. The largest absolute Gasteiger partial charge is 0.490 e. The lowest BCUT2D eigenvalue weighted by molar-refractivity contribution is -0.745. The molecular formula is C36H52FN16O25P4S+. The molecule has 0 radical (unpaired) electrons. The first-order valence-electron chi connectivity index (χ1n) is 23.8. The number of nitrogens with zero attached hydrogens (tertiary/aromatic N) is 10. The van der Waals surface area contributed by atoms with E-state index in [-0.39, 0.29) is 51.2 Å². The summed E-state index contributed by atoms with van der Waals surface area (Å²) in [5.74, 6) is -2.92. The Morgan fingerprint density at radius 1 is 0.747 bits per heavy atom. The normalized spacial score (nSPS) is 28.9. The number of aryl methyl sites for hydroxylation is 1. The van der Waals surface area contributed by atoms with E-state index < -0.39 is 171 Å². The minimum Gasteiger partial charge on any atom is -0.387 e. The van der Waals surface area contributed by atoms with Crippen molar-refractivity contribution in [3.63, 3.8) is 0 Å². The first-order chi connectivity index (χ1) is 38.9. The van der Waals surface area contributed by atoms with Crippen molar-refractivity contribution < 1.29 is 116 Å². The van der Waals surface area contributed by atoms with E-state index in [0.717, 1.165) is 35.2 Å². The number of nitrogens with two attached hydrogens (primary N) is 3. The lowest BCUT2D eigenvalue weighted by Gasteiger charge is -2.26. The highest BCUT2D eigenvalue weighted by Gasteiger charge is 2.54. The van der Waals surface area contributed by atoms with Crippen molar-refractivity contribution in [3.8, 4) is 0 Å². The number of hydrogen-bond acceptors (Lipinski definition) is 30. The Labute approximate surface area is 461 Å². The van der Waals surface area contributed by atoms with E-state index in [4.69, 9.17) is 54.2 Å². The number of aliphatic hydroxyl groups is 3. The molecule has 3 saturated heterocycles. The number of methoxy groups -OCH3 is 1. The molecular weight excluding hydrogens is 1230 g/mol.